The largest absolute Gasteiger partial charge is 0.480 e. The molecule has 0 bridgehead atoms. The molecule has 2 N–H and O–H groups in total. The summed E-state index contributed by atoms with van der Waals surface area (Å²) in [6, 6.07) is 3.28. The van der Waals surface area contributed by atoms with Crippen molar-refractivity contribution < 1.29 is 19.1 Å². The third-order valence-corrected chi connectivity index (χ3v) is 3.12. The fourth-order valence-electron chi connectivity index (χ4n) is 1.92. The van der Waals surface area contributed by atoms with Crippen molar-refractivity contribution in [3.8, 4) is 0 Å². The van der Waals surface area contributed by atoms with Gasteiger partial charge in [0.1, 0.15) is 12.3 Å². The molecule has 0 aromatic carbocycles. The van der Waals surface area contributed by atoms with E-state index in [1.807, 2.05) is 39.8 Å². The lowest BCUT2D eigenvalue weighted by molar-refractivity contribution is -0.138. The van der Waals surface area contributed by atoms with Gasteiger partial charge in [-0.15, -0.1) is 0 Å². The highest BCUT2D eigenvalue weighted by Crippen LogP contribution is 2.14. The van der Waals surface area contributed by atoms with Crippen molar-refractivity contribution in [3.63, 3.8) is 0 Å². The van der Waals surface area contributed by atoms with E-state index in [9.17, 15) is 9.59 Å². The first-order valence-electron chi connectivity index (χ1n) is 7.02. The predicted molar refractivity (Wildman–Crippen MR) is 79.1 cm³/mol. The van der Waals surface area contributed by atoms with Gasteiger partial charge in [-0.3, -0.25) is 4.79 Å². The standard InChI is InChI=1S/C15H24N2O4/c1-11(7-8-12-6-5-9-21-12)16-14(20)17(10-13(18)19)15(2,3)4/h5-6,9,11H,7-8,10H2,1-4H3,(H,16,20)(H,18,19). The van der Waals surface area contributed by atoms with E-state index in [0.29, 0.717) is 0 Å². The van der Waals surface area contributed by atoms with Gasteiger partial charge in [-0.2, -0.15) is 0 Å². The van der Waals surface area contributed by atoms with Crippen LogP contribution in [0.15, 0.2) is 22.8 Å². The summed E-state index contributed by atoms with van der Waals surface area (Å²) in [4.78, 5) is 24.4. The van der Waals surface area contributed by atoms with Gasteiger partial charge in [0.25, 0.3) is 0 Å². The highest BCUT2D eigenvalue weighted by atomic mass is 16.4. The zero-order valence-electron chi connectivity index (χ0n) is 13.0. The number of hydrogen-bond donors (Lipinski definition) is 2. The molecular weight excluding hydrogens is 272 g/mol. The van der Waals surface area contributed by atoms with Crippen LogP contribution in [0.2, 0.25) is 0 Å². The lowest BCUT2D eigenvalue weighted by Crippen LogP contribution is -2.54. The minimum atomic E-state index is -1.02. The smallest absolute Gasteiger partial charge is 0.323 e. The fourth-order valence-corrected chi connectivity index (χ4v) is 1.92. The van der Waals surface area contributed by atoms with Crippen LogP contribution in [0.5, 0.6) is 0 Å². The van der Waals surface area contributed by atoms with Crippen molar-refractivity contribution in [1.82, 2.24) is 10.2 Å². The number of hydrogen-bond acceptors (Lipinski definition) is 3. The Hall–Kier alpha value is -1.98. The first-order valence-corrected chi connectivity index (χ1v) is 7.02. The van der Waals surface area contributed by atoms with Crippen molar-refractivity contribution in [2.24, 2.45) is 0 Å². The highest BCUT2D eigenvalue weighted by Gasteiger charge is 2.29. The molecule has 6 heteroatoms. The summed E-state index contributed by atoms with van der Waals surface area (Å²) in [7, 11) is 0. The van der Waals surface area contributed by atoms with E-state index >= 15 is 0 Å². The number of carbonyl (C=O) groups excluding carboxylic acids is 1. The normalized spacial score (nSPS) is 12.8. The van der Waals surface area contributed by atoms with Gasteiger partial charge in [-0.25, -0.2) is 4.79 Å². The molecule has 0 aliphatic heterocycles. The SMILES string of the molecule is CC(CCc1ccco1)NC(=O)N(CC(=O)O)C(C)(C)C. The van der Waals surface area contributed by atoms with Crippen molar-refractivity contribution >= 4 is 12.0 Å². The molecule has 1 aromatic rings. The van der Waals surface area contributed by atoms with Crippen LogP contribution in [0, 0.1) is 0 Å². The Morgan fingerprint density at radius 3 is 2.57 bits per heavy atom. The molecule has 0 spiro atoms. The summed E-state index contributed by atoms with van der Waals surface area (Å²) >= 11 is 0. The molecule has 1 rings (SSSR count). The summed E-state index contributed by atoms with van der Waals surface area (Å²) in [5.74, 6) is -0.155. The Kier molecular flexibility index (Phi) is 5.81. The van der Waals surface area contributed by atoms with Crippen molar-refractivity contribution in [2.75, 3.05) is 6.54 Å². The molecule has 1 heterocycles. The molecule has 0 saturated carbocycles. The van der Waals surface area contributed by atoms with Crippen molar-refractivity contribution in [1.29, 1.82) is 0 Å². The minimum absolute atomic E-state index is 0.0683. The predicted octanol–water partition coefficient (Wildman–Crippen LogP) is 2.50. The maximum absolute atomic E-state index is 12.2. The Labute approximate surface area is 125 Å². The Morgan fingerprint density at radius 1 is 1.43 bits per heavy atom. The van der Waals surface area contributed by atoms with Crippen LogP contribution in [0.1, 0.15) is 39.9 Å². The van der Waals surface area contributed by atoms with E-state index < -0.39 is 11.5 Å². The molecule has 6 nitrogen and oxygen atoms in total. The maximum Gasteiger partial charge on any atom is 0.323 e. The Bertz CT molecular complexity index is 463. The number of furan rings is 1. The lowest BCUT2D eigenvalue weighted by Gasteiger charge is -2.35. The van der Waals surface area contributed by atoms with Gasteiger partial charge >= 0.3 is 12.0 Å². The summed E-state index contributed by atoms with van der Waals surface area (Å²) < 4.78 is 5.24. The number of carboxylic acids is 1. The zero-order chi connectivity index (χ0) is 16.0. The van der Waals surface area contributed by atoms with Crippen LogP contribution in [0.4, 0.5) is 4.79 Å². The molecule has 0 radical (unpaired) electrons. The second-order valence-corrected chi connectivity index (χ2v) is 6.12. The molecule has 0 aliphatic carbocycles. The van der Waals surface area contributed by atoms with E-state index in [2.05, 4.69) is 5.32 Å². The van der Waals surface area contributed by atoms with Crippen LogP contribution in [0.25, 0.3) is 0 Å². The third kappa shape index (κ3) is 5.89. The molecule has 21 heavy (non-hydrogen) atoms. The second-order valence-electron chi connectivity index (χ2n) is 6.12. The van der Waals surface area contributed by atoms with Gasteiger partial charge in [0.2, 0.25) is 0 Å². The molecule has 0 fully saturated rings. The number of rotatable bonds is 6. The van der Waals surface area contributed by atoms with Gasteiger partial charge < -0.3 is 19.7 Å². The topological polar surface area (TPSA) is 82.8 Å². The average Bonchev–Trinajstić information content (AvgIpc) is 2.84. The summed E-state index contributed by atoms with van der Waals surface area (Å²) in [6.07, 6.45) is 3.07. The van der Waals surface area contributed by atoms with Crippen LogP contribution in [0.3, 0.4) is 0 Å². The van der Waals surface area contributed by atoms with Crippen LogP contribution in [-0.2, 0) is 11.2 Å². The molecule has 118 valence electrons. The van der Waals surface area contributed by atoms with E-state index in [1.54, 1.807) is 6.26 Å². The summed E-state index contributed by atoms with van der Waals surface area (Å²) in [5, 5.41) is 11.8. The minimum Gasteiger partial charge on any atom is -0.480 e. The molecule has 0 aliphatic rings. The van der Waals surface area contributed by atoms with Gasteiger partial charge in [-0.05, 0) is 46.2 Å². The molecule has 2 amide bonds. The first-order chi connectivity index (χ1) is 9.70. The maximum atomic E-state index is 12.2. The second kappa shape index (κ2) is 7.15. The van der Waals surface area contributed by atoms with Gasteiger partial charge in [0, 0.05) is 18.0 Å². The van der Waals surface area contributed by atoms with E-state index in [1.165, 1.54) is 4.90 Å². The number of amides is 2. The molecule has 1 unspecified atom stereocenters. The fraction of sp³-hybridized carbons (Fsp3) is 0.600. The summed E-state index contributed by atoms with van der Waals surface area (Å²) in [6.45, 7) is 7.00. The van der Waals surface area contributed by atoms with Crippen LogP contribution < -0.4 is 5.32 Å². The zero-order valence-corrected chi connectivity index (χ0v) is 13.0. The number of nitrogens with zero attached hydrogens (tertiary/aromatic N) is 1. The number of aryl methyl sites for hydroxylation is 1. The third-order valence-electron chi connectivity index (χ3n) is 3.12. The molecule has 1 atom stereocenters. The number of urea groups is 1. The average molecular weight is 296 g/mol. The first kappa shape index (κ1) is 17.1. The lowest BCUT2D eigenvalue weighted by atomic mass is 10.1. The summed E-state index contributed by atoms with van der Waals surface area (Å²) in [5.41, 5.74) is -0.552. The monoisotopic (exact) mass is 296 g/mol. The van der Waals surface area contributed by atoms with Gasteiger partial charge in [0.05, 0.1) is 6.26 Å². The number of carbonyl (C=O) groups is 2. The van der Waals surface area contributed by atoms with Gasteiger partial charge in [0.15, 0.2) is 0 Å². The molecule has 1 aromatic heterocycles. The number of aliphatic carboxylic acids is 1. The number of nitrogens with one attached hydrogen (secondary N) is 1. The molecule has 0 saturated heterocycles. The van der Waals surface area contributed by atoms with E-state index in [-0.39, 0.29) is 18.6 Å². The Balaban J connectivity index is 2.53. The van der Waals surface area contributed by atoms with E-state index in [0.717, 1.165) is 18.6 Å². The Morgan fingerprint density at radius 2 is 2.10 bits per heavy atom. The quantitative estimate of drug-likeness (QED) is 0.845. The number of carboxylic acid groups (broad SMARTS) is 1. The van der Waals surface area contributed by atoms with Gasteiger partial charge in [-0.1, -0.05) is 0 Å². The van der Waals surface area contributed by atoms with Crippen molar-refractivity contribution in [3.05, 3.63) is 24.2 Å². The van der Waals surface area contributed by atoms with E-state index in [4.69, 9.17) is 9.52 Å². The van der Waals surface area contributed by atoms with Crippen LogP contribution in [-0.4, -0.2) is 40.1 Å². The molecular formula is C15H24N2O4. The van der Waals surface area contributed by atoms with Crippen LogP contribution >= 0.6 is 0 Å². The highest BCUT2D eigenvalue weighted by molar-refractivity contribution is 5.80. The van der Waals surface area contributed by atoms with Crippen molar-refractivity contribution in [2.45, 2.75) is 52.1 Å².